The predicted octanol–water partition coefficient (Wildman–Crippen LogP) is 8.37. The summed E-state index contributed by atoms with van der Waals surface area (Å²) in [6, 6.07) is 0. The van der Waals surface area contributed by atoms with Crippen LogP contribution < -0.4 is 0 Å². The van der Waals surface area contributed by atoms with Crippen molar-refractivity contribution in [1.82, 2.24) is 0 Å². The molecule has 8 atom stereocenters. The van der Waals surface area contributed by atoms with E-state index in [1.807, 2.05) is 12.7 Å². The first-order chi connectivity index (χ1) is 16.8. The largest absolute Gasteiger partial charge is 0.462 e. The molecule has 0 aromatic rings. The van der Waals surface area contributed by atoms with Crippen LogP contribution in [0.4, 0.5) is 0 Å². The zero-order valence-electron chi connectivity index (χ0n) is 24.9. The molecule has 0 aromatic heterocycles. The molecule has 0 heterocycles. The normalized spacial score (nSPS) is 47.6. The molecule has 0 spiro atoms. The predicted molar refractivity (Wildman–Crippen MR) is 146 cm³/mol. The monoisotopic (exact) mass is 498 g/mol. The van der Waals surface area contributed by atoms with Gasteiger partial charge in [-0.25, -0.2) is 0 Å². The molecule has 0 bridgehead atoms. The number of hydrogen-bond acceptors (Lipinski definition) is 3. The van der Waals surface area contributed by atoms with Gasteiger partial charge in [0.05, 0.1) is 6.61 Å². The van der Waals surface area contributed by atoms with Crippen molar-refractivity contribution in [2.75, 3.05) is 13.7 Å². The zero-order chi connectivity index (χ0) is 26.3. The Hall–Kier alpha value is -0.830. The summed E-state index contributed by atoms with van der Waals surface area (Å²) >= 11 is 0. The summed E-state index contributed by atoms with van der Waals surface area (Å²) in [6.07, 6.45) is 12.8. The van der Waals surface area contributed by atoms with Gasteiger partial charge in [0.25, 0.3) is 0 Å². The maximum Gasteiger partial charge on any atom is 0.302 e. The second-order valence-corrected chi connectivity index (χ2v) is 15.4. The minimum atomic E-state index is -0.113. The Bertz CT molecular complexity index is 931. The fourth-order valence-corrected chi connectivity index (χ4v) is 11.7. The molecule has 36 heavy (non-hydrogen) atoms. The third-order valence-corrected chi connectivity index (χ3v) is 13.5. The maximum absolute atomic E-state index is 11.9. The number of ether oxygens (including phenoxy) is 2. The molecular formula is C33H54O3. The first kappa shape index (κ1) is 26.8. The van der Waals surface area contributed by atoms with Crippen LogP contribution in [0.1, 0.15) is 120 Å². The van der Waals surface area contributed by atoms with Crippen LogP contribution in [0.5, 0.6) is 0 Å². The van der Waals surface area contributed by atoms with Gasteiger partial charge in [0, 0.05) is 24.9 Å². The minimum Gasteiger partial charge on any atom is -0.462 e. The van der Waals surface area contributed by atoms with Crippen LogP contribution in [0.3, 0.4) is 0 Å². The molecule has 5 aliphatic carbocycles. The van der Waals surface area contributed by atoms with Gasteiger partial charge < -0.3 is 9.47 Å². The highest BCUT2D eigenvalue weighted by atomic mass is 16.5. The second kappa shape index (κ2) is 8.59. The number of esters is 1. The van der Waals surface area contributed by atoms with Crippen LogP contribution in [-0.4, -0.2) is 25.8 Å². The summed E-state index contributed by atoms with van der Waals surface area (Å²) in [4.78, 5) is 11.9. The van der Waals surface area contributed by atoms with Gasteiger partial charge in [0.1, 0.15) is 6.10 Å². The van der Waals surface area contributed by atoms with Crippen LogP contribution in [0.25, 0.3) is 0 Å². The van der Waals surface area contributed by atoms with Gasteiger partial charge in [-0.3, -0.25) is 4.79 Å². The van der Waals surface area contributed by atoms with Crippen molar-refractivity contribution in [2.24, 2.45) is 50.7 Å². The van der Waals surface area contributed by atoms with E-state index in [1.54, 1.807) is 12.5 Å². The molecule has 0 saturated heterocycles. The molecule has 0 aromatic carbocycles. The van der Waals surface area contributed by atoms with Gasteiger partial charge in [-0.05, 0) is 104 Å². The quantitative estimate of drug-likeness (QED) is 0.288. The van der Waals surface area contributed by atoms with Gasteiger partial charge in [-0.15, -0.1) is 0 Å². The SMILES string of the molecule is COC[C@]12CCC(C(C)C)=C1[C@H]1CC[C@@H]3[C@@]4(C)CC[C@H](OC(C)=O)C(C)(C)C4CC[C@@]3(C)[C@]1(C)CC2. The molecule has 0 N–H and O–H groups in total. The van der Waals surface area contributed by atoms with E-state index in [0.717, 1.165) is 18.9 Å². The summed E-state index contributed by atoms with van der Waals surface area (Å²) in [5, 5.41) is 0. The molecule has 0 amide bonds. The summed E-state index contributed by atoms with van der Waals surface area (Å²) < 4.78 is 11.9. The molecular weight excluding hydrogens is 444 g/mol. The van der Waals surface area contributed by atoms with E-state index in [0.29, 0.717) is 39.4 Å². The van der Waals surface area contributed by atoms with Gasteiger partial charge in [0.2, 0.25) is 0 Å². The number of carbonyl (C=O) groups is 1. The minimum absolute atomic E-state index is 0.0384. The number of methoxy groups -OCH3 is 1. The lowest BCUT2D eigenvalue weighted by Crippen LogP contribution is -2.66. The Kier molecular flexibility index (Phi) is 6.38. The van der Waals surface area contributed by atoms with Crippen molar-refractivity contribution in [3.05, 3.63) is 11.1 Å². The molecule has 3 nitrogen and oxygen atoms in total. The zero-order valence-corrected chi connectivity index (χ0v) is 24.9. The lowest BCUT2D eigenvalue weighted by atomic mass is 9.33. The molecule has 1 unspecified atom stereocenters. The topological polar surface area (TPSA) is 35.5 Å². The number of allylic oxidation sites excluding steroid dienone is 1. The third kappa shape index (κ3) is 3.42. The van der Waals surface area contributed by atoms with Crippen molar-refractivity contribution in [3.63, 3.8) is 0 Å². The van der Waals surface area contributed by atoms with E-state index in [4.69, 9.17) is 9.47 Å². The first-order valence-electron chi connectivity index (χ1n) is 15.2. The number of rotatable bonds is 4. The van der Waals surface area contributed by atoms with Crippen molar-refractivity contribution >= 4 is 5.97 Å². The highest BCUT2D eigenvalue weighted by Gasteiger charge is 2.69. The summed E-state index contributed by atoms with van der Waals surface area (Å²) in [5.74, 6) is 2.62. The first-order valence-corrected chi connectivity index (χ1v) is 15.2. The molecule has 4 saturated carbocycles. The number of fused-ring (bicyclic) bond motifs is 7. The van der Waals surface area contributed by atoms with Crippen molar-refractivity contribution < 1.29 is 14.3 Å². The van der Waals surface area contributed by atoms with E-state index in [1.165, 1.54) is 57.8 Å². The van der Waals surface area contributed by atoms with Crippen molar-refractivity contribution in [2.45, 2.75) is 126 Å². The van der Waals surface area contributed by atoms with E-state index in [-0.39, 0.29) is 17.5 Å². The smallest absolute Gasteiger partial charge is 0.302 e. The highest BCUT2D eigenvalue weighted by Crippen LogP contribution is 2.76. The third-order valence-electron chi connectivity index (χ3n) is 13.5. The van der Waals surface area contributed by atoms with Gasteiger partial charge in [-0.2, -0.15) is 0 Å². The van der Waals surface area contributed by atoms with Crippen molar-refractivity contribution in [3.8, 4) is 0 Å². The molecule has 5 aliphatic rings. The lowest BCUT2D eigenvalue weighted by molar-refractivity contribution is -0.233. The van der Waals surface area contributed by atoms with E-state index in [2.05, 4.69) is 48.5 Å². The molecule has 204 valence electrons. The molecule has 5 rings (SSSR count). The average molecular weight is 499 g/mol. The standard InChI is InChI=1S/C33H54O3/c1-21(2)23-12-17-33(20-35-9)19-18-31(7)24(28(23)33)10-11-26-30(6)15-14-27(36-22(3)34)29(4,5)25(30)13-16-32(26,31)8/h21,24-27H,10-20H2,1-9H3/t24-,25?,26-,27+,30+,31-,32-,33-/m1/s1. The summed E-state index contributed by atoms with van der Waals surface area (Å²) in [5.41, 5.74) is 5.03. The number of carbonyl (C=O) groups excluding carboxylic acids is 1. The molecule has 4 fully saturated rings. The van der Waals surface area contributed by atoms with E-state index < -0.39 is 0 Å². The fraction of sp³-hybridized carbons (Fsp3) is 0.909. The van der Waals surface area contributed by atoms with Crippen molar-refractivity contribution in [1.29, 1.82) is 0 Å². The Morgan fingerprint density at radius 1 is 0.889 bits per heavy atom. The van der Waals surface area contributed by atoms with E-state index >= 15 is 0 Å². The Morgan fingerprint density at radius 2 is 1.61 bits per heavy atom. The van der Waals surface area contributed by atoms with Crippen LogP contribution in [0, 0.1) is 50.7 Å². The Labute approximate surface area is 221 Å². The average Bonchev–Trinajstić information content (AvgIpc) is 3.16. The Balaban J connectivity index is 1.53. The molecule has 0 radical (unpaired) electrons. The maximum atomic E-state index is 11.9. The molecule has 0 aliphatic heterocycles. The molecule has 3 heteroatoms. The second-order valence-electron chi connectivity index (χ2n) is 15.4. The van der Waals surface area contributed by atoms with E-state index in [9.17, 15) is 4.79 Å². The van der Waals surface area contributed by atoms with Crippen LogP contribution in [0.15, 0.2) is 11.1 Å². The Morgan fingerprint density at radius 3 is 2.25 bits per heavy atom. The van der Waals surface area contributed by atoms with Crippen LogP contribution in [0.2, 0.25) is 0 Å². The van der Waals surface area contributed by atoms with Crippen LogP contribution in [-0.2, 0) is 14.3 Å². The van der Waals surface area contributed by atoms with Gasteiger partial charge >= 0.3 is 5.97 Å². The lowest BCUT2D eigenvalue weighted by Gasteiger charge is -2.72. The number of hydrogen-bond donors (Lipinski definition) is 0. The van der Waals surface area contributed by atoms with Crippen LogP contribution >= 0.6 is 0 Å². The van der Waals surface area contributed by atoms with Gasteiger partial charge in [0.15, 0.2) is 0 Å². The summed E-state index contributed by atoms with van der Waals surface area (Å²) in [7, 11) is 1.92. The van der Waals surface area contributed by atoms with Gasteiger partial charge in [-0.1, -0.05) is 59.6 Å². The fourth-order valence-electron chi connectivity index (χ4n) is 11.7. The summed E-state index contributed by atoms with van der Waals surface area (Å²) in [6.45, 7) is 20.2. The highest BCUT2D eigenvalue weighted by molar-refractivity contribution is 5.66.